The van der Waals surface area contributed by atoms with Crippen LogP contribution in [0.1, 0.15) is 50.4 Å². The molecular formula is C25H34N4O3S2. The largest absolute Gasteiger partial charge is 0.352 e. The molecule has 1 amide bonds. The zero-order chi connectivity index (χ0) is 24.6. The number of amides is 1. The third-order valence-electron chi connectivity index (χ3n) is 5.76. The van der Waals surface area contributed by atoms with Gasteiger partial charge in [0.15, 0.2) is 0 Å². The first-order chi connectivity index (χ1) is 16.4. The average molecular weight is 503 g/mol. The molecule has 0 aliphatic heterocycles. The fourth-order valence-corrected chi connectivity index (χ4v) is 5.50. The maximum atomic E-state index is 13.2. The van der Waals surface area contributed by atoms with Crippen molar-refractivity contribution in [1.29, 1.82) is 0 Å². The van der Waals surface area contributed by atoms with Gasteiger partial charge in [-0.2, -0.15) is 0 Å². The summed E-state index contributed by atoms with van der Waals surface area (Å²) >= 11 is 1.55. The third kappa shape index (κ3) is 6.63. The summed E-state index contributed by atoms with van der Waals surface area (Å²) in [6.07, 6.45) is 2.50. The molecule has 0 radical (unpaired) electrons. The van der Waals surface area contributed by atoms with E-state index in [0.717, 1.165) is 43.8 Å². The Hall–Kier alpha value is -2.33. The molecule has 7 nitrogen and oxygen atoms in total. The number of carbonyl (C=O) groups is 1. The van der Waals surface area contributed by atoms with Crippen molar-refractivity contribution in [1.82, 2.24) is 19.9 Å². The van der Waals surface area contributed by atoms with E-state index in [1.807, 2.05) is 24.4 Å². The average Bonchev–Trinajstić information content (AvgIpc) is 3.38. The Morgan fingerprint density at radius 2 is 1.85 bits per heavy atom. The van der Waals surface area contributed by atoms with Crippen LogP contribution in [0.25, 0.3) is 21.5 Å². The van der Waals surface area contributed by atoms with Crippen LogP contribution in [0.15, 0.2) is 46.7 Å². The van der Waals surface area contributed by atoms with Crippen LogP contribution < -0.4 is 10.0 Å². The van der Waals surface area contributed by atoms with Gasteiger partial charge < -0.3 is 10.2 Å². The number of sulfonamides is 1. The van der Waals surface area contributed by atoms with Crippen molar-refractivity contribution in [3.63, 3.8) is 0 Å². The molecule has 0 atom stereocenters. The van der Waals surface area contributed by atoms with E-state index in [4.69, 9.17) is 4.98 Å². The predicted octanol–water partition coefficient (Wildman–Crippen LogP) is 4.50. The highest BCUT2D eigenvalue weighted by molar-refractivity contribution is 7.89. The van der Waals surface area contributed by atoms with E-state index in [1.165, 1.54) is 0 Å². The smallest absolute Gasteiger partial charge is 0.252 e. The van der Waals surface area contributed by atoms with Crippen molar-refractivity contribution < 1.29 is 13.2 Å². The first kappa shape index (κ1) is 26.3. The molecule has 34 heavy (non-hydrogen) atoms. The van der Waals surface area contributed by atoms with Crippen LogP contribution in [-0.2, 0) is 10.0 Å². The van der Waals surface area contributed by atoms with Crippen molar-refractivity contribution in [2.24, 2.45) is 0 Å². The first-order valence-electron chi connectivity index (χ1n) is 11.9. The molecule has 184 valence electrons. The van der Waals surface area contributed by atoms with E-state index in [9.17, 15) is 13.2 Å². The molecule has 0 aliphatic carbocycles. The minimum atomic E-state index is -3.67. The standard InChI is InChI=1S/C25H34N4O3S2/c1-4-7-14-27-34(31,32)19-11-12-22-20(17-19)21(18-23(28-22)24-10-8-16-33-24)25(30)26-13-9-15-29(5-2)6-3/h8,10-12,16-18,27H,4-7,9,13-15H2,1-3H3,(H,26,30). The summed E-state index contributed by atoms with van der Waals surface area (Å²) in [7, 11) is -3.67. The van der Waals surface area contributed by atoms with Gasteiger partial charge in [0.1, 0.15) is 0 Å². The number of aromatic nitrogens is 1. The van der Waals surface area contributed by atoms with E-state index < -0.39 is 10.0 Å². The summed E-state index contributed by atoms with van der Waals surface area (Å²) in [6.45, 7) is 10.1. The van der Waals surface area contributed by atoms with E-state index in [-0.39, 0.29) is 10.8 Å². The van der Waals surface area contributed by atoms with Crippen molar-refractivity contribution >= 4 is 38.2 Å². The number of pyridine rings is 1. The zero-order valence-electron chi connectivity index (χ0n) is 20.1. The third-order valence-corrected chi connectivity index (χ3v) is 8.11. The Bertz CT molecular complexity index is 1190. The molecule has 3 rings (SSSR count). The van der Waals surface area contributed by atoms with Gasteiger partial charge in [0.2, 0.25) is 10.0 Å². The number of carbonyl (C=O) groups excluding carboxylic acids is 1. The molecule has 9 heteroatoms. The summed E-state index contributed by atoms with van der Waals surface area (Å²) in [5.74, 6) is -0.224. The second kappa shape index (κ2) is 12.4. The van der Waals surface area contributed by atoms with Gasteiger partial charge in [0.05, 0.1) is 26.5 Å². The first-order valence-corrected chi connectivity index (χ1v) is 14.2. The lowest BCUT2D eigenvalue weighted by atomic mass is 10.1. The minimum absolute atomic E-state index is 0.136. The fourth-order valence-electron chi connectivity index (χ4n) is 3.72. The van der Waals surface area contributed by atoms with Crippen molar-refractivity contribution in [3.05, 3.63) is 47.3 Å². The number of unbranched alkanes of at least 4 members (excludes halogenated alkanes) is 1. The van der Waals surface area contributed by atoms with Crippen molar-refractivity contribution in [2.45, 2.75) is 44.9 Å². The lowest BCUT2D eigenvalue weighted by Crippen LogP contribution is -2.30. The molecule has 2 N–H and O–H groups in total. The summed E-state index contributed by atoms with van der Waals surface area (Å²) in [6, 6.07) is 10.4. The van der Waals surface area contributed by atoms with Gasteiger partial charge in [-0.3, -0.25) is 4.79 Å². The van der Waals surface area contributed by atoms with Crippen LogP contribution in [0, 0.1) is 0 Å². The monoisotopic (exact) mass is 502 g/mol. The maximum absolute atomic E-state index is 13.2. The number of thiophene rings is 1. The Morgan fingerprint density at radius 1 is 1.06 bits per heavy atom. The maximum Gasteiger partial charge on any atom is 0.252 e. The van der Waals surface area contributed by atoms with E-state index in [0.29, 0.717) is 35.2 Å². The topological polar surface area (TPSA) is 91.4 Å². The normalized spacial score (nSPS) is 11.9. The zero-order valence-corrected chi connectivity index (χ0v) is 21.8. The molecule has 3 aromatic rings. The quantitative estimate of drug-likeness (QED) is 0.336. The molecule has 2 aromatic heterocycles. The van der Waals surface area contributed by atoms with Crippen LogP contribution in [0.4, 0.5) is 0 Å². The van der Waals surface area contributed by atoms with Crippen LogP contribution in [0.5, 0.6) is 0 Å². The van der Waals surface area contributed by atoms with Gasteiger partial charge in [-0.1, -0.05) is 33.3 Å². The van der Waals surface area contributed by atoms with Crippen LogP contribution in [0.2, 0.25) is 0 Å². The summed E-state index contributed by atoms with van der Waals surface area (Å²) in [5, 5.41) is 5.50. The summed E-state index contributed by atoms with van der Waals surface area (Å²) < 4.78 is 28.2. The number of hydrogen-bond acceptors (Lipinski definition) is 6. The van der Waals surface area contributed by atoms with E-state index >= 15 is 0 Å². The highest BCUT2D eigenvalue weighted by atomic mass is 32.2. The number of benzene rings is 1. The van der Waals surface area contributed by atoms with Gasteiger partial charge in [0, 0.05) is 18.5 Å². The lowest BCUT2D eigenvalue weighted by Gasteiger charge is -2.18. The lowest BCUT2D eigenvalue weighted by molar-refractivity contribution is 0.0953. The highest BCUT2D eigenvalue weighted by Gasteiger charge is 2.19. The van der Waals surface area contributed by atoms with Crippen molar-refractivity contribution in [2.75, 3.05) is 32.7 Å². The predicted molar refractivity (Wildman–Crippen MR) is 140 cm³/mol. The SMILES string of the molecule is CCCCNS(=O)(=O)c1ccc2nc(-c3cccs3)cc(C(=O)NCCCN(CC)CC)c2c1. The second-order valence-corrected chi connectivity index (χ2v) is 10.8. The molecule has 0 fully saturated rings. The van der Waals surface area contributed by atoms with Gasteiger partial charge in [-0.05, 0) is 68.2 Å². The Balaban J connectivity index is 1.93. The van der Waals surface area contributed by atoms with Crippen LogP contribution in [0.3, 0.4) is 0 Å². The van der Waals surface area contributed by atoms with Crippen LogP contribution in [-0.4, -0.2) is 56.9 Å². The summed E-state index contributed by atoms with van der Waals surface area (Å²) in [4.78, 5) is 21.3. The number of fused-ring (bicyclic) bond motifs is 1. The van der Waals surface area contributed by atoms with Gasteiger partial charge >= 0.3 is 0 Å². The molecular weight excluding hydrogens is 468 g/mol. The number of nitrogens with zero attached hydrogens (tertiary/aromatic N) is 2. The molecule has 1 aromatic carbocycles. The molecule has 0 unspecified atom stereocenters. The number of hydrogen-bond donors (Lipinski definition) is 2. The van der Waals surface area contributed by atoms with Gasteiger partial charge in [0.25, 0.3) is 5.91 Å². The molecule has 0 spiro atoms. The number of rotatable bonds is 13. The molecule has 2 heterocycles. The second-order valence-electron chi connectivity index (χ2n) is 8.10. The Morgan fingerprint density at radius 3 is 2.53 bits per heavy atom. The molecule has 0 saturated carbocycles. The van der Waals surface area contributed by atoms with Crippen LogP contribution >= 0.6 is 11.3 Å². The van der Waals surface area contributed by atoms with Crippen molar-refractivity contribution in [3.8, 4) is 10.6 Å². The number of nitrogens with one attached hydrogen (secondary N) is 2. The van der Waals surface area contributed by atoms with E-state index in [2.05, 4.69) is 28.8 Å². The Labute approximate surface area is 206 Å². The van der Waals surface area contributed by atoms with E-state index in [1.54, 1.807) is 35.6 Å². The van der Waals surface area contributed by atoms with Gasteiger partial charge in [-0.25, -0.2) is 18.1 Å². The molecule has 0 bridgehead atoms. The Kier molecular flexibility index (Phi) is 9.58. The summed E-state index contributed by atoms with van der Waals surface area (Å²) in [5.41, 5.74) is 1.72. The molecule has 0 aliphatic rings. The highest BCUT2D eigenvalue weighted by Crippen LogP contribution is 2.29. The minimum Gasteiger partial charge on any atom is -0.352 e. The fraction of sp³-hybridized carbons (Fsp3) is 0.440. The van der Waals surface area contributed by atoms with Gasteiger partial charge in [-0.15, -0.1) is 11.3 Å². The molecule has 0 saturated heterocycles.